The average molecular weight is 263 g/mol. The molecule has 0 aliphatic carbocycles. The number of thioether (sulfide) groups is 1. The van der Waals surface area contributed by atoms with Crippen LogP contribution in [0.2, 0.25) is 5.02 Å². The van der Waals surface area contributed by atoms with Gasteiger partial charge in [0, 0.05) is 12.8 Å². The second-order valence-corrected chi connectivity index (χ2v) is 5.63. The molecule has 1 aromatic heterocycles. The van der Waals surface area contributed by atoms with Gasteiger partial charge in [0.15, 0.2) is 0 Å². The highest BCUT2D eigenvalue weighted by atomic mass is 35.5. The van der Waals surface area contributed by atoms with E-state index in [0.29, 0.717) is 10.9 Å². The second-order valence-electron chi connectivity index (χ2n) is 4.15. The van der Waals surface area contributed by atoms with Gasteiger partial charge in [0.25, 0.3) is 0 Å². The van der Waals surface area contributed by atoms with E-state index in [9.17, 15) is 0 Å². The molecule has 0 radical (unpaired) electrons. The Morgan fingerprint density at radius 3 is 2.69 bits per heavy atom. The Labute approximate surface area is 106 Å². The van der Waals surface area contributed by atoms with Crippen molar-refractivity contribution in [1.29, 1.82) is 0 Å². The highest BCUT2D eigenvalue weighted by Gasteiger charge is 2.17. The van der Waals surface area contributed by atoms with Crippen molar-refractivity contribution in [3.63, 3.8) is 0 Å². The van der Waals surface area contributed by atoms with Gasteiger partial charge in [-0.3, -0.25) is 16.0 Å². The number of hydrogen-bond acceptors (Lipinski definition) is 4. The predicted molar refractivity (Wildman–Crippen MR) is 70.4 cm³/mol. The molecular weight excluding hydrogens is 244 g/mol. The van der Waals surface area contributed by atoms with Crippen LogP contribution in [0.3, 0.4) is 0 Å². The van der Waals surface area contributed by atoms with Crippen LogP contribution >= 0.6 is 23.4 Å². The zero-order valence-electron chi connectivity index (χ0n) is 9.90. The van der Waals surface area contributed by atoms with Crippen molar-refractivity contribution in [2.75, 3.05) is 11.5 Å². The van der Waals surface area contributed by atoms with Crippen LogP contribution in [-0.2, 0) is 7.05 Å². The van der Waals surface area contributed by atoms with Crippen molar-refractivity contribution in [3.05, 3.63) is 16.9 Å². The summed E-state index contributed by atoms with van der Waals surface area (Å²) in [5.41, 5.74) is 3.74. The maximum Gasteiger partial charge on any atom is 0.0834 e. The minimum atomic E-state index is 0.0451. The summed E-state index contributed by atoms with van der Waals surface area (Å²) < 4.78 is 1.77. The van der Waals surface area contributed by atoms with Gasteiger partial charge in [0.1, 0.15) is 0 Å². The number of rotatable bonds is 6. The normalized spacial score (nSPS) is 13.4. The average Bonchev–Trinajstić information content (AvgIpc) is 2.54. The van der Waals surface area contributed by atoms with Gasteiger partial charge in [-0.25, -0.2) is 0 Å². The number of hydrazine groups is 1. The molecule has 0 aromatic carbocycles. The van der Waals surface area contributed by atoms with E-state index in [2.05, 4.69) is 24.4 Å². The van der Waals surface area contributed by atoms with Gasteiger partial charge in [-0.2, -0.15) is 16.9 Å². The molecule has 0 spiro atoms. The first-order valence-electron chi connectivity index (χ1n) is 5.27. The quantitative estimate of drug-likeness (QED) is 0.608. The molecule has 92 valence electrons. The molecule has 0 bridgehead atoms. The van der Waals surface area contributed by atoms with Crippen LogP contribution in [0.4, 0.5) is 0 Å². The molecule has 0 aliphatic heterocycles. The minimum Gasteiger partial charge on any atom is -0.271 e. The van der Waals surface area contributed by atoms with E-state index in [1.54, 1.807) is 10.9 Å². The van der Waals surface area contributed by atoms with E-state index in [0.717, 1.165) is 17.2 Å². The summed E-state index contributed by atoms with van der Waals surface area (Å²) in [7, 11) is 1.87. The molecule has 0 saturated carbocycles. The third-order valence-electron chi connectivity index (χ3n) is 2.20. The van der Waals surface area contributed by atoms with Crippen molar-refractivity contribution in [2.24, 2.45) is 18.8 Å². The summed E-state index contributed by atoms with van der Waals surface area (Å²) in [4.78, 5) is 0. The van der Waals surface area contributed by atoms with E-state index >= 15 is 0 Å². The van der Waals surface area contributed by atoms with Gasteiger partial charge in [-0.1, -0.05) is 25.4 Å². The lowest BCUT2D eigenvalue weighted by molar-refractivity contribution is 0.554. The first-order valence-corrected chi connectivity index (χ1v) is 6.80. The van der Waals surface area contributed by atoms with E-state index in [4.69, 9.17) is 17.4 Å². The van der Waals surface area contributed by atoms with Gasteiger partial charge in [0.2, 0.25) is 0 Å². The molecule has 1 atom stereocenters. The van der Waals surface area contributed by atoms with Crippen LogP contribution in [0.1, 0.15) is 25.6 Å². The number of hydrogen-bond donors (Lipinski definition) is 2. The number of halogens is 1. The van der Waals surface area contributed by atoms with E-state index in [1.807, 2.05) is 18.8 Å². The fraction of sp³-hybridized carbons (Fsp3) is 0.700. The first kappa shape index (κ1) is 13.8. The zero-order chi connectivity index (χ0) is 12.1. The van der Waals surface area contributed by atoms with E-state index in [1.165, 1.54) is 0 Å². The Morgan fingerprint density at radius 2 is 2.25 bits per heavy atom. The van der Waals surface area contributed by atoms with E-state index < -0.39 is 0 Å². The Balaban J connectivity index is 2.61. The molecule has 1 aromatic rings. The fourth-order valence-electron chi connectivity index (χ4n) is 1.44. The number of aryl methyl sites for hydroxylation is 1. The van der Waals surface area contributed by atoms with Crippen molar-refractivity contribution in [3.8, 4) is 0 Å². The molecule has 1 rings (SSSR count). The van der Waals surface area contributed by atoms with Gasteiger partial charge in [-0.05, 0) is 11.7 Å². The van der Waals surface area contributed by atoms with Gasteiger partial charge in [0.05, 0.1) is 23.0 Å². The summed E-state index contributed by atoms with van der Waals surface area (Å²) in [5, 5.41) is 4.77. The lowest BCUT2D eigenvalue weighted by Crippen LogP contribution is -2.31. The lowest BCUT2D eigenvalue weighted by atomic mass is 10.2. The molecular formula is C10H19ClN4S. The number of nitrogens with two attached hydrogens (primary N) is 1. The monoisotopic (exact) mass is 262 g/mol. The van der Waals surface area contributed by atoms with Crippen LogP contribution in [0.5, 0.6) is 0 Å². The van der Waals surface area contributed by atoms with Crippen LogP contribution in [0, 0.1) is 5.92 Å². The number of aromatic nitrogens is 2. The van der Waals surface area contributed by atoms with Gasteiger partial charge >= 0.3 is 0 Å². The summed E-state index contributed by atoms with van der Waals surface area (Å²) in [6, 6.07) is 0.0451. The first-order chi connectivity index (χ1) is 7.56. The van der Waals surface area contributed by atoms with Crippen molar-refractivity contribution < 1.29 is 0 Å². The summed E-state index contributed by atoms with van der Waals surface area (Å²) in [6.07, 6.45) is 1.65. The molecule has 0 fully saturated rings. The highest BCUT2D eigenvalue weighted by Crippen LogP contribution is 2.25. The lowest BCUT2D eigenvalue weighted by Gasteiger charge is -2.17. The molecule has 1 unspecified atom stereocenters. The zero-order valence-corrected chi connectivity index (χ0v) is 11.5. The number of nitrogens with zero attached hydrogens (tertiary/aromatic N) is 2. The molecule has 16 heavy (non-hydrogen) atoms. The van der Waals surface area contributed by atoms with Crippen molar-refractivity contribution in [2.45, 2.75) is 19.9 Å². The fourth-order valence-corrected chi connectivity index (χ4v) is 2.83. The highest BCUT2D eigenvalue weighted by molar-refractivity contribution is 7.99. The van der Waals surface area contributed by atoms with Crippen LogP contribution in [0.25, 0.3) is 0 Å². The Bertz CT molecular complexity index is 307. The molecule has 0 saturated heterocycles. The SMILES string of the molecule is CC(C)CSCC(NN)c1c(Cl)cnn1C. The third-order valence-corrected chi connectivity index (χ3v) is 3.97. The maximum absolute atomic E-state index is 6.07. The van der Waals surface area contributed by atoms with Gasteiger partial charge < -0.3 is 0 Å². The van der Waals surface area contributed by atoms with Crippen LogP contribution in [0.15, 0.2) is 6.20 Å². The Hall–Kier alpha value is -0.230. The smallest absolute Gasteiger partial charge is 0.0834 e. The standard InChI is InChI=1S/C10H19ClN4S/c1-7(2)5-16-6-9(14-12)10-8(11)4-13-15(10)3/h4,7,9,14H,5-6,12H2,1-3H3. The number of nitrogens with one attached hydrogen (secondary N) is 1. The molecule has 3 N–H and O–H groups in total. The minimum absolute atomic E-state index is 0.0451. The Kier molecular flexibility index (Phi) is 5.61. The molecule has 0 amide bonds. The Morgan fingerprint density at radius 1 is 1.56 bits per heavy atom. The largest absolute Gasteiger partial charge is 0.271 e. The van der Waals surface area contributed by atoms with Crippen LogP contribution < -0.4 is 11.3 Å². The summed E-state index contributed by atoms with van der Waals surface area (Å²) in [5.74, 6) is 8.26. The van der Waals surface area contributed by atoms with Crippen molar-refractivity contribution >= 4 is 23.4 Å². The molecule has 6 heteroatoms. The van der Waals surface area contributed by atoms with Crippen molar-refractivity contribution in [1.82, 2.24) is 15.2 Å². The molecule has 1 heterocycles. The third kappa shape index (κ3) is 3.66. The molecule has 0 aliphatic rings. The second kappa shape index (κ2) is 6.49. The van der Waals surface area contributed by atoms with E-state index in [-0.39, 0.29) is 6.04 Å². The maximum atomic E-state index is 6.07. The van der Waals surface area contributed by atoms with Crippen LogP contribution in [-0.4, -0.2) is 21.3 Å². The summed E-state index contributed by atoms with van der Waals surface area (Å²) in [6.45, 7) is 4.41. The summed E-state index contributed by atoms with van der Waals surface area (Å²) >= 11 is 7.94. The predicted octanol–water partition coefficient (Wildman–Crippen LogP) is 1.97. The van der Waals surface area contributed by atoms with Gasteiger partial charge in [-0.15, -0.1) is 0 Å². The molecule has 4 nitrogen and oxygen atoms in total. The topological polar surface area (TPSA) is 55.9 Å².